The van der Waals surface area contributed by atoms with Crippen LogP contribution in [-0.2, 0) is 17.6 Å². The van der Waals surface area contributed by atoms with Crippen molar-refractivity contribution in [3.8, 4) is 5.75 Å². The van der Waals surface area contributed by atoms with Gasteiger partial charge in [0.25, 0.3) is 0 Å². The second kappa shape index (κ2) is 9.69. The molecule has 146 valence electrons. The number of ether oxygens (including phenoxy) is 1. The van der Waals surface area contributed by atoms with E-state index in [4.69, 9.17) is 9.26 Å². The molecule has 0 aliphatic heterocycles. The second-order valence-corrected chi connectivity index (χ2v) is 6.54. The third-order valence-corrected chi connectivity index (χ3v) is 4.44. The fourth-order valence-electron chi connectivity index (χ4n) is 2.97. The lowest BCUT2D eigenvalue weighted by Crippen LogP contribution is -2.29. The number of rotatable bonds is 9. The molecule has 1 unspecified atom stereocenters. The molecule has 1 amide bonds. The van der Waals surface area contributed by atoms with Crippen LogP contribution in [-0.4, -0.2) is 23.2 Å². The van der Waals surface area contributed by atoms with Crippen molar-refractivity contribution in [3.63, 3.8) is 0 Å². The molecular formula is C22H25N3O3. The lowest BCUT2D eigenvalue weighted by molar-refractivity contribution is -0.121. The molecule has 0 aliphatic rings. The summed E-state index contributed by atoms with van der Waals surface area (Å²) in [7, 11) is 1.63. The van der Waals surface area contributed by atoms with E-state index in [2.05, 4.69) is 22.4 Å². The molecular weight excluding hydrogens is 354 g/mol. The van der Waals surface area contributed by atoms with Gasteiger partial charge < -0.3 is 14.6 Å². The van der Waals surface area contributed by atoms with Crippen LogP contribution in [0.25, 0.3) is 0 Å². The Bertz CT molecular complexity index is 876. The minimum absolute atomic E-state index is 0.0695. The SMILES string of the molecule is CCCc1noc(CCC(=O)NC(c2ccccc2)c2ccc(OC)cc2)n1. The van der Waals surface area contributed by atoms with Crippen LogP contribution in [0, 0.1) is 0 Å². The van der Waals surface area contributed by atoms with Gasteiger partial charge in [-0.05, 0) is 29.7 Å². The van der Waals surface area contributed by atoms with Crippen LogP contribution in [0.3, 0.4) is 0 Å². The number of nitrogens with zero attached hydrogens (tertiary/aromatic N) is 2. The van der Waals surface area contributed by atoms with Gasteiger partial charge in [0.1, 0.15) is 5.75 Å². The third-order valence-electron chi connectivity index (χ3n) is 4.44. The van der Waals surface area contributed by atoms with Crippen molar-refractivity contribution in [3.05, 3.63) is 77.4 Å². The molecule has 3 aromatic rings. The van der Waals surface area contributed by atoms with Gasteiger partial charge in [-0.15, -0.1) is 0 Å². The molecule has 0 bridgehead atoms. The van der Waals surface area contributed by atoms with E-state index in [1.165, 1.54) is 0 Å². The summed E-state index contributed by atoms with van der Waals surface area (Å²) in [6.45, 7) is 2.06. The second-order valence-electron chi connectivity index (χ2n) is 6.54. The van der Waals surface area contributed by atoms with Crippen LogP contribution in [0.4, 0.5) is 0 Å². The van der Waals surface area contributed by atoms with Gasteiger partial charge in [0, 0.05) is 19.3 Å². The Balaban J connectivity index is 1.68. The van der Waals surface area contributed by atoms with E-state index < -0.39 is 0 Å². The van der Waals surface area contributed by atoms with Crippen LogP contribution >= 0.6 is 0 Å². The van der Waals surface area contributed by atoms with Crippen LogP contribution in [0.2, 0.25) is 0 Å². The number of aromatic nitrogens is 2. The van der Waals surface area contributed by atoms with Crippen molar-refractivity contribution in [2.45, 2.75) is 38.6 Å². The van der Waals surface area contributed by atoms with E-state index in [1.807, 2.05) is 54.6 Å². The molecule has 6 heteroatoms. The fourth-order valence-corrected chi connectivity index (χ4v) is 2.97. The summed E-state index contributed by atoms with van der Waals surface area (Å²) in [5.74, 6) is 1.90. The highest BCUT2D eigenvalue weighted by Gasteiger charge is 2.17. The highest BCUT2D eigenvalue weighted by atomic mass is 16.5. The summed E-state index contributed by atoms with van der Waals surface area (Å²) < 4.78 is 10.4. The Labute approximate surface area is 164 Å². The topological polar surface area (TPSA) is 77.2 Å². The van der Waals surface area contributed by atoms with Crippen molar-refractivity contribution >= 4 is 5.91 Å². The summed E-state index contributed by atoms with van der Waals surface area (Å²) >= 11 is 0. The minimum atomic E-state index is -0.238. The van der Waals surface area contributed by atoms with Crippen molar-refractivity contribution in [1.29, 1.82) is 0 Å². The predicted octanol–water partition coefficient (Wildman–Crippen LogP) is 3.87. The number of hydrogen-bond donors (Lipinski definition) is 1. The number of nitrogens with one attached hydrogen (secondary N) is 1. The zero-order valence-corrected chi connectivity index (χ0v) is 16.2. The number of amides is 1. The first kappa shape index (κ1) is 19.6. The maximum Gasteiger partial charge on any atom is 0.227 e. The first-order valence-corrected chi connectivity index (χ1v) is 9.49. The number of benzene rings is 2. The van der Waals surface area contributed by atoms with E-state index in [1.54, 1.807) is 7.11 Å². The maximum absolute atomic E-state index is 12.6. The Hall–Kier alpha value is -3.15. The quantitative estimate of drug-likeness (QED) is 0.611. The first-order chi connectivity index (χ1) is 13.7. The summed E-state index contributed by atoms with van der Waals surface area (Å²) in [6, 6.07) is 17.4. The number of carbonyl (C=O) groups is 1. The van der Waals surface area contributed by atoms with Crippen LogP contribution < -0.4 is 10.1 Å². The molecule has 0 spiro atoms. The Morgan fingerprint density at radius 2 is 1.79 bits per heavy atom. The van der Waals surface area contributed by atoms with Crippen molar-refractivity contribution in [1.82, 2.24) is 15.5 Å². The number of methoxy groups -OCH3 is 1. The molecule has 3 rings (SSSR count). The molecule has 0 saturated carbocycles. The van der Waals surface area contributed by atoms with Crippen LogP contribution in [0.5, 0.6) is 5.75 Å². The van der Waals surface area contributed by atoms with Gasteiger partial charge in [-0.25, -0.2) is 0 Å². The average molecular weight is 379 g/mol. The van der Waals surface area contributed by atoms with Gasteiger partial charge in [0.2, 0.25) is 11.8 Å². The normalized spacial score (nSPS) is 11.8. The van der Waals surface area contributed by atoms with Gasteiger partial charge in [0.05, 0.1) is 13.2 Å². The number of carbonyl (C=O) groups excluding carboxylic acids is 1. The molecule has 6 nitrogen and oxygen atoms in total. The van der Waals surface area contributed by atoms with Crippen molar-refractivity contribution in [2.24, 2.45) is 0 Å². The predicted molar refractivity (Wildman–Crippen MR) is 106 cm³/mol. The monoisotopic (exact) mass is 379 g/mol. The molecule has 28 heavy (non-hydrogen) atoms. The fraction of sp³-hybridized carbons (Fsp3) is 0.318. The van der Waals surface area contributed by atoms with Crippen molar-refractivity contribution < 1.29 is 14.1 Å². The Morgan fingerprint density at radius 1 is 1.07 bits per heavy atom. The molecule has 1 heterocycles. The third kappa shape index (κ3) is 5.19. The van der Waals surface area contributed by atoms with E-state index in [0.29, 0.717) is 18.1 Å². The largest absolute Gasteiger partial charge is 0.497 e. The summed E-state index contributed by atoms with van der Waals surface area (Å²) in [6.07, 6.45) is 2.45. The van der Waals surface area contributed by atoms with Gasteiger partial charge in [0.15, 0.2) is 5.82 Å². The summed E-state index contributed by atoms with van der Waals surface area (Å²) in [4.78, 5) is 16.9. The van der Waals surface area contributed by atoms with E-state index in [0.717, 1.165) is 29.7 Å². The Morgan fingerprint density at radius 3 is 2.46 bits per heavy atom. The lowest BCUT2D eigenvalue weighted by Gasteiger charge is -2.20. The standard InChI is InChI=1S/C22H25N3O3/c1-3-7-19-23-21(28-25-19)15-14-20(26)24-22(16-8-5-4-6-9-16)17-10-12-18(27-2)13-11-17/h4-6,8-13,22H,3,7,14-15H2,1-2H3,(H,24,26). The number of aryl methyl sites for hydroxylation is 2. The highest BCUT2D eigenvalue weighted by Crippen LogP contribution is 2.24. The minimum Gasteiger partial charge on any atom is -0.497 e. The van der Waals surface area contributed by atoms with E-state index in [-0.39, 0.29) is 18.4 Å². The van der Waals surface area contributed by atoms with E-state index in [9.17, 15) is 4.79 Å². The molecule has 0 radical (unpaired) electrons. The van der Waals surface area contributed by atoms with Crippen molar-refractivity contribution in [2.75, 3.05) is 7.11 Å². The average Bonchev–Trinajstić information content (AvgIpc) is 3.19. The van der Waals surface area contributed by atoms with Gasteiger partial charge >= 0.3 is 0 Å². The molecule has 1 atom stereocenters. The summed E-state index contributed by atoms with van der Waals surface area (Å²) in [5.41, 5.74) is 2.01. The zero-order valence-electron chi connectivity index (χ0n) is 16.2. The highest BCUT2D eigenvalue weighted by molar-refractivity contribution is 5.77. The molecule has 2 aromatic carbocycles. The van der Waals surface area contributed by atoms with E-state index >= 15 is 0 Å². The molecule has 0 fully saturated rings. The molecule has 0 saturated heterocycles. The van der Waals surface area contributed by atoms with Gasteiger partial charge in [-0.1, -0.05) is 54.5 Å². The maximum atomic E-state index is 12.6. The Kier molecular flexibility index (Phi) is 6.78. The van der Waals surface area contributed by atoms with Crippen LogP contribution in [0.15, 0.2) is 59.1 Å². The molecule has 1 N–H and O–H groups in total. The van der Waals surface area contributed by atoms with Crippen LogP contribution in [0.1, 0.15) is 48.6 Å². The molecule has 1 aromatic heterocycles. The lowest BCUT2D eigenvalue weighted by atomic mass is 9.98. The van der Waals surface area contributed by atoms with Gasteiger partial charge in [-0.2, -0.15) is 4.98 Å². The first-order valence-electron chi connectivity index (χ1n) is 9.49. The zero-order chi connectivity index (χ0) is 19.8. The molecule has 0 aliphatic carbocycles. The summed E-state index contributed by atoms with van der Waals surface area (Å²) in [5, 5.41) is 7.05. The number of hydrogen-bond acceptors (Lipinski definition) is 5. The smallest absolute Gasteiger partial charge is 0.227 e. The van der Waals surface area contributed by atoms with Gasteiger partial charge in [-0.3, -0.25) is 4.79 Å².